The van der Waals surface area contributed by atoms with Crippen LogP contribution in [0.2, 0.25) is 0 Å². The minimum Gasteiger partial charge on any atom is -0.389 e. The highest BCUT2D eigenvalue weighted by atomic mass is 79.9. The zero-order valence-corrected chi connectivity index (χ0v) is 14.1. The monoisotopic (exact) mass is 328 g/mol. The van der Waals surface area contributed by atoms with Crippen molar-refractivity contribution in [3.8, 4) is 0 Å². The highest BCUT2D eigenvalue weighted by molar-refractivity contribution is 9.10. The molecule has 19 heavy (non-hydrogen) atoms. The smallest absolute Gasteiger partial charge is 0.0765 e. The number of aliphatic hydroxyl groups is 1. The van der Waals surface area contributed by atoms with E-state index >= 15 is 0 Å². The van der Waals surface area contributed by atoms with E-state index in [1.165, 1.54) is 5.56 Å². The second kappa shape index (κ2) is 6.73. The summed E-state index contributed by atoms with van der Waals surface area (Å²) in [4.78, 5) is 2.10. The average molecular weight is 329 g/mol. The summed E-state index contributed by atoms with van der Waals surface area (Å²) in [7, 11) is 2.01. The lowest BCUT2D eigenvalue weighted by Crippen LogP contribution is -2.37. The van der Waals surface area contributed by atoms with Crippen LogP contribution >= 0.6 is 15.9 Å². The molecule has 0 aliphatic rings. The Bertz CT molecular complexity index is 413. The fourth-order valence-corrected chi connectivity index (χ4v) is 2.37. The second-order valence-corrected chi connectivity index (χ2v) is 6.89. The maximum atomic E-state index is 9.96. The summed E-state index contributed by atoms with van der Waals surface area (Å²) >= 11 is 3.51. The maximum Gasteiger partial charge on any atom is 0.0765 e. The third-order valence-electron chi connectivity index (χ3n) is 2.78. The van der Waals surface area contributed by atoms with E-state index in [-0.39, 0.29) is 0 Å². The Balaban J connectivity index is 2.93. The molecule has 0 amide bonds. The molecule has 0 saturated heterocycles. The largest absolute Gasteiger partial charge is 0.389 e. The number of anilines is 1. The summed E-state index contributed by atoms with van der Waals surface area (Å²) in [5, 5.41) is 13.4. The number of nitrogens with zero attached hydrogens (tertiary/aromatic N) is 1. The number of nitrogens with one attached hydrogen (secondary N) is 1. The summed E-state index contributed by atoms with van der Waals surface area (Å²) < 4.78 is 1.05. The summed E-state index contributed by atoms with van der Waals surface area (Å²) in [5.41, 5.74) is 1.67. The molecule has 0 fully saturated rings. The van der Waals surface area contributed by atoms with Crippen LogP contribution in [0.15, 0.2) is 22.7 Å². The van der Waals surface area contributed by atoms with Gasteiger partial charge in [-0.15, -0.1) is 0 Å². The van der Waals surface area contributed by atoms with E-state index in [0.717, 1.165) is 16.7 Å². The first-order valence-electron chi connectivity index (χ1n) is 6.64. The number of halogens is 1. The van der Waals surface area contributed by atoms with Crippen LogP contribution in [0.5, 0.6) is 0 Å². The summed E-state index contributed by atoms with van der Waals surface area (Å²) in [6.07, 6.45) is 0. The van der Waals surface area contributed by atoms with Crippen molar-refractivity contribution in [2.45, 2.75) is 45.9 Å². The minimum atomic E-state index is -0.709. The van der Waals surface area contributed by atoms with Gasteiger partial charge in [0.15, 0.2) is 0 Å². The molecule has 1 aromatic rings. The molecule has 0 bridgehead atoms. The van der Waals surface area contributed by atoms with E-state index in [1.807, 2.05) is 20.9 Å². The molecule has 0 unspecified atom stereocenters. The molecule has 108 valence electrons. The van der Waals surface area contributed by atoms with Crippen LogP contribution in [0.4, 0.5) is 5.69 Å². The number of benzene rings is 1. The third-order valence-corrected chi connectivity index (χ3v) is 3.28. The van der Waals surface area contributed by atoms with Gasteiger partial charge < -0.3 is 15.3 Å². The van der Waals surface area contributed by atoms with Crippen LogP contribution in [-0.4, -0.2) is 30.3 Å². The third kappa shape index (κ3) is 5.93. The van der Waals surface area contributed by atoms with Gasteiger partial charge in [0.25, 0.3) is 0 Å². The quantitative estimate of drug-likeness (QED) is 0.842. The molecule has 3 nitrogen and oxygen atoms in total. The molecule has 0 saturated carbocycles. The standard InChI is InChI=1S/C15H25BrN2O/c1-11(2)17-9-12-6-7-13(16)8-14(12)18(5)10-15(3,4)19/h6-8,11,17,19H,9-10H2,1-5H3. The molecule has 1 rings (SSSR count). The van der Waals surface area contributed by atoms with Crippen LogP contribution in [0.1, 0.15) is 33.3 Å². The zero-order valence-electron chi connectivity index (χ0n) is 12.5. The Morgan fingerprint density at radius 2 is 2.00 bits per heavy atom. The van der Waals surface area contributed by atoms with Gasteiger partial charge in [0.2, 0.25) is 0 Å². The van der Waals surface area contributed by atoms with E-state index in [1.54, 1.807) is 0 Å². The van der Waals surface area contributed by atoms with Gasteiger partial charge in [-0.05, 0) is 31.5 Å². The van der Waals surface area contributed by atoms with Gasteiger partial charge in [0.05, 0.1) is 5.60 Å². The van der Waals surface area contributed by atoms with E-state index < -0.39 is 5.60 Å². The van der Waals surface area contributed by atoms with Crippen molar-refractivity contribution >= 4 is 21.6 Å². The molecule has 0 atom stereocenters. The molecule has 0 radical (unpaired) electrons. The van der Waals surface area contributed by atoms with E-state index in [0.29, 0.717) is 12.6 Å². The molecule has 0 aliphatic heterocycles. The van der Waals surface area contributed by atoms with Crippen molar-refractivity contribution in [2.75, 3.05) is 18.5 Å². The molecule has 0 aromatic heterocycles. The minimum absolute atomic E-state index is 0.455. The van der Waals surface area contributed by atoms with Gasteiger partial charge in [-0.2, -0.15) is 0 Å². The van der Waals surface area contributed by atoms with Crippen LogP contribution in [0.3, 0.4) is 0 Å². The van der Waals surface area contributed by atoms with Gasteiger partial charge in [0.1, 0.15) is 0 Å². The topological polar surface area (TPSA) is 35.5 Å². The summed E-state index contributed by atoms with van der Waals surface area (Å²) in [5.74, 6) is 0. The van der Waals surface area contributed by atoms with Gasteiger partial charge in [-0.1, -0.05) is 35.8 Å². The molecule has 2 N–H and O–H groups in total. The average Bonchev–Trinajstić information content (AvgIpc) is 2.24. The van der Waals surface area contributed by atoms with Crippen molar-refractivity contribution < 1.29 is 5.11 Å². The molecule has 4 heteroatoms. The van der Waals surface area contributed by atoms with Crippen molar-refractivity contribution in [1.29, 1.82) is 0 Å². The SMILES string of the molecule is CC(C)NCc1ccc(Br)cc1N(C)CC(C)(C)O. The predicted octanol–water partition coefficient (Wildman–Crippen LogP) is 3.15. The lowest BCUT2D eigenvalue weighted by atomic mass is 10.1. The molecule has 0 heterocycles. The van der Waals surface area contributed by atoms with Gasteiger partial charge in [-0.3, -0.25) is 0 Å². The number of likely N-dealkylation sites (N-methyl/N-ethyl adjacent to an activating group) is 1. The fraction of sp³-hybridized carbons (Fsp3) is 0.600. The first kappa shape index (κ1) is 16.5. The predicted molar refractivity (Wildman–Crippen MR) is 85.7 cm³/mol. The Morgan fingerprint density at radius 3 is 2.53 bits per heavy atom. The lowest BCUT2D eigenvalue weighted by Gasteiger charge is -2.29. The summed E-state index contributed by atoms with van der Waals surface area (Å²) in [6, 6.07) is 6.73. The molecule has 0 spiro atoms. The van der Waals surface area contributed by atoms with Crippen LogP contribution in [0.25, 0.3) is 0 Å². The highest BCUT2D eigenvalue weighted by Gasteiger charge is 2.18. The lowest BCUT2D eigenvalue weighted by molar-refractivity contribution is 0.0886. The van der Waals surface area contributed by atoms with Crippen LogP contribution in [-0.2, 0) is 6.54 Å². The summed E-state index contributed by atoms with van der Waals surface area (Å²) in [6.45, 7) is 9.35. The van der Waals surface area contributed by atoms with Crippen LogP contribution < -0.4 is 10.2 Å². The number of rotatable bonds is 6. The Labute approximate surface area is 125 Å². The van der Waals surface area contributed by atoms with Crippen molar-refractivity contribution in [3.63, 3.8) is 0 Å². The van der Waals surface area contributed by atoms with Crippen molar-refractivity contribution in [2.24, 2.45) is 0 Å². The van der Waals surface area contributed by atoms with Gasteiger partial charge >= 0.3 is 0 Å². The van der Waals surface area contributed by atoms with Crippen molar-refractivity contribution in [1.82, 2.24) is 5.32 Å². The first-order chi connectivity index (χ1) is 8.69. The van der Waals surface area contributed by atoms with Gasteiger partial charge in [0, 0.05) is 36.3 Å². The number of hydrogen-bond acceptors (Lipinski definition) is 3. The first-order valence-corrected chi connectivity index (χ1v) is 7.43. The zero-order chi connectivity index (χ0) is 14.6. The Kier molecular flexibility index (Phi) is 5.83. The van der Waals surface area contributed by atoms with Crippen molar-refractivity contribution in [3.05, 3.63) is 28.2 Å². The molecule has 0 aliphatic carbocycles. The van der Waals surface area contributed by atoms with Gasteiger partial charge in [-0.25, -0.2) is 0 Å². The molecular weight excluding hydrogens is 304 g/mol. The number of hydrogen-bond donors (Lipinski definition) is 2. The van der Waals surface area contributed by atoms with E-state index in [4.69, 9.17) is 0 Å². The highest BCUT2D eigenvalue weighted by Crippen LogP contribution is 2.25. The Hall–Kier alpha value is -0.580. The normalized spacial score (nSPS) is 12.0. The second-order valence-electron chi connectivity index (χ2n) is 5.98. The van der Waals surface area contributed by atoms with Crippen LogP contribution in [0, 0.1) is 0 Å². The molecule has 1 aromatic carbocycles. The fourth-order valence-electron chi connectivity index (χ4n) is 2.02. The van der Waals surface area contributed by atoms with E-state index in [9.17, 15) is 5.11 Å². The Morgan fingerprint density at radius 1 is 1.37 bits per heavy atom. The maximum absolute atomic E-state index is 9.96. The van der Waals surface area contributed by atoms with E-state index in [2.05, 4.69) is 58.2 Å². The molecular formula is C15H25BrN2O.